The fourth-order valence-corrected chi connectivity index (χ4v) is 0.969. The van der Waals surface area contributed by atoms with E-state index < -0.39 is 11.5 Å². The van der Waals surface area contributed by atoms with Gasteiger partial charge in [0.05, 0.1) is 5.56 Å². The summed E-state index contributed by atoms with van der Waals surface area (Å²) in [4.78, 5) is 6.80. The van der Waals surface area contributed by atoms with Crippen molar-refractivity contribution in [2.75, 3.05) is 5.73 Å². The molecule has 0 radical (unpaired) electrons. The zero-order chi connectivity index (χ0) is 9.35. The molecule has 0 saturated heterocycles. The van der Waals surface area contributed by atoms with Crippen LogP contribution in [0.15, 0.2) is 6.20 Å². The van der Waals surface area contributed by atoms with Gasteiger partial charge in [0.1, 0.15) is 5.15 Å². The van der Waals surface area contributed by atoms with E-state index in [2.05, 4.69) is 9.97 Å². The molecule has 0 bridgehead atoms. The van der Waals surface area contributed by atoms with E-state index in [1.807, 2.05) is 0 Å². The van der Waals surface area contributed by atoms with Crippen LogP contribution in [0.1, 0.15) is 12.5 Å². The maximum Gasteiger partial charge on any atom is 0.274 e. The second-order valence-corrected chi connectivity index (χ2v) is 2.68. The van der Waals surface area contributed by atoms with Crippen LogP contribution in [-0.4, -0.2) is 9.97 Å². The molecule has 2 N–H and O–H groups in total. The van der Waals surface area contributed by atoms with E-state index in [4.69, 9.17) is 17.3 Å². The Balaban J connectivity index is 3.19. The highest BCUT2D eigenvalue weighted by atomic mass is 35.5. The lowest BCUT2D eigenvalue weighted by molar-refractivity contribution is 0.0169. The molecule has 1 aromatic rings. The van der Waals surface area contributed by atoms with E-state index in [1.54, 1.807) is 0 Å². The van der Waals surface area contributed by atoms with Crippen molar-refractivity contribution in [2.24, 2.45) is 0 Å². The molecule has 0 aliphatic rings. The summed E-state index contributed by atoms with van der Waals surface area (Å²) in [6, 6.07) is 0. The van der Waals surface area contributed by atoms with Gasteiger partial charge in [0.15, 0.2) is 0 Å². The predicted molar refractivity (Wildman–Crippen MR) is 41.0 cm³/mol. The first kappa shape index (κ1) is 9.12. The summed E-state index contributed by atoms with van der Waals surface area (Å²) in [5.41, 5.74) is 4.70. The monoisotopic (exact) mass is 193 g/mol. The Morgan fingerprint density at radius 1 is 1.58 bits per heavy atom. The number of alkyl halides is 2. The zero-order valence-electron chi connectivity index (χ0n) is 6.18. The molecule has 1 rings (SSSR count). The topological polar surface area (TPSA) is 51.8 Å². The average molecular weight is 194 g/mol. The molecule has 0 aliphatic carbocycles. The number of nitrogen functional groups attached to an aromatic ring is 1. The first-order chi connectivity index (χ1) is 5.41. The van der Waals surface area contributed by atoms with Gasteiger partial charge in [-0.3, -0.25) is 0 Å². The first-order valence-corrected chi connectivity index (χ1v) is 3.45. The Hall–Kier alpha value is -0.970. The molecule has 0 unspecified atom stereocenters. The molecule has 0 amide bonds. The number of anilines is 1. The minimum Gasteiger partial charge on any atom is -0.368 e. The normalized spacial score (nSPS) is 11.7. The van der Waals surface area contributed by atoms with Gasteiger partial charge >= 0.3 is 0 Å². The van der Waals surface area contributed by atoms with Crippen LogP contribution < -0.4 is 5.73 Å². The van der Waals surface area contributed by atoms with Gasteiger partial charge in [0, 0.05) is 13.1 Å². The van der Waals surface area contributed by atoms with Crippen molar-refractivity contribution in [3.8, 4) is 0 Å². The van der Waals surface area contributed by atoms with Gasteiger partial charge in [-0.25, -0.2) is 18.7 Å². The second-order valence-electron chi connectivity index (χ2n) is 2.32. The van der Waals surface area contributed by atoms with Crippen LogP contribution in [0.4, 0.5) is 14.7 Å². The summed E-state index contributed by atoms with van der Waals surface area (Å²) >= 11 is 5.40. The fourth-order valence-electron chi connectivity index (χ4n) is 0.668. The lowest BCUT2D eigenvalue weighted by Crippen LogP contribution is -2.10. The molecule has 3 nitrogen and oxygen atoms in total. The highest BCUT2D eigenvalue weighted by Gasteiger charge is 2.28. The Morgan fingerprint density at radius 2 is 2.17 bits per heavy atom. The van der Waals surface area contributed by atoms with Gasteiger partial charge < -0.3 is 5.73 Å². The average Bonchev–Trinajstić information content (AvgIpc) is 1.83. The number of halogens is 3. The number of rotatable bonds is 1. The van der Waals surface area contributed by atoms with Crippen molar-refractivity contribution < 1.29 is 8.78 Å². The van der Waals surface area contributed by atoms with Crippen LogP contribution in [-0.2, 0) is 5.92 Å². The van der Waals surface area contributed by atoms with Gasteiger partial charge in [0.25, 0.3) is 5.92 Å². The summed E-state index contributed by atoms with van der Waals surface area (Å²) < 4.78 is 25.3. The zero-order valence-corrected chi connectivity index (χ0v) is 6.94. The Bertz CT molecular complexity index is 297. The van der Waals surface area contributed by atoms with E-state index in [-0.39, 0.29) is 11.1 Å². The summed E-state index contributed by atoms with van der Waals surface area (Å²) in [5.74, 6) is -3.15. The molecule has 0 aliphatic heterocycles. The minimum absolute atomic E-state index is 0.118. The van der Waals surface area contributed by atoms with E-state index in [1.165, 1.54) is 0 Å². The van der Waals surface area contributed by atoms with Crippen LogP contribution in [0.25, 0.3) is 0 Å². The molecule has 1 heterocycles. The maximum atomic E-state index is 12.6. The predicted octanol–water partition coefficient (Wildman–Crippen LogP) is 1.82. The molecular formula is C6H6ClF2N3. The van der Waals surface area contributed by atoms with Crippen molar-refractivity contribution >= 4 is 17.5 Å². The standard InChI is InChI=1S/C6H6ClF2N3/c1-6(8,9)3-2-11-5(10)12-4(3)7/h2H,1H3,(H2,10,11,12). The number of nitrogens with zero attached hydrogens (tertiary/aromatic N) is 2. The van der Waals surface area contributed by atoms with Crippen molar-refractivity contribution in [3.63, 3.8) is 0 Å². The van der Waals surface area contributed by atoms with Gasteiger partial charge in [-0.2, -0.15) is 0 Å². The lowest BCUT2D eigenvalue weighted by atomic mass is 10.2. The van der Waals surface area contributed by atoms with Gasteiger partial charge in [0.2, 0.25) is 5.95 Å². The Labute approximate surface area is 72.6 Å². The lowest BCUT2D eigenvalue weighted by Gasteiger charge is -2.10. The van der Waals surface area contributed by atoms with Crippen molar-refractivity contribution in [3.05, 3.63) is 16.9 Å². The van der Waals surface area contributed by atoms with E-state index in [0.717, 1.165) is 6.20 Å². The molecule has 66 valence electrons. The molecule has 0 spiro atoms. The number of nitrogens with two attached hydrogens (primary N) is 1. The summed E-state index contributed by atoms with van der Waals surface area (Å²) in [6.45, 7) is 0.716. The van der Waals surface area contributed by atoms with Gasteiger partial charge in [-0.15, -0.1) is 0 Å². The first-order valence-electron chi connectivity index (χ1n) is 3.07. The third kappa shape index (κ3) is 1.79. The molecule has 0 aromatic carbocycles. The molecule has 6 heteroatoms. The fraction of sp³-hybridized carbons (Fsp3) is 0.333. The summed E-state index contributed by atoms with van der Waals surface area (Å²) in [7, 11) is 0. The molecule has 0 atom stereocenters. The smallest absolute Gasteiger partial charge is 0.274 e. The maximum absolute atomic E-state index is 12.6. The van der Waals surface area contributed by atoms with E-state index >= 15 is 0 Å². The molecule has 1 aromatic heterocycles. The van der Waals surface area contributed by atoms with Gasteiger partial charge in [-0.1, -0.05) is 11.6 Å². The van der Waals surface area contributed by atoms with Crippen LogP contribution in [0, 0.1) is 0 Å². The van der Waals surface area contributed by atoms with Crippen molar-refractivity contribution in [1.29, 1.82) is 0 Å². The van der Waals surface area contributed by atoms with Crippen LogP contribution >= 0.6 is 11.6 Å². The summed E-state index contributed by atoms with van der Waals surface area (Å²) in [6.07, 6.45) is 0.921. The van der Waals surface area contributed by atoms with E-state index in [0.29, 0.717) is 6.92 Å². The second kappa shape index (κ2) is 2.82. The molecular weight excluding hydrogens is 188 g/mol. The van der Waals surface area contributed by atoms with Crippen molar-refractivity contribution in [2.45, 2.75) is 12.8 Å². The minimum atomic E-state index is -3.04. The number of aromatic nitrogens is 2. The SMILES string of the molecule is CC(F)(F)c1cnc(N)nc1Cl. The Kier molecular flexibility index (Phi) is 2.14. The third-order valence-corrected chi connectivity index (χ3v) is 1.52. The third-order valence-electron chi connectivity index (χ3n) is 1.23. The number of hydrogen-bond acceptors (Lipinski definition) is 3. The highest BCUT2D eigenvalue weighted by Crippen LogP contribution is 2.30. The van der Waals surface area contributed by atoms with Crippen LogP contribution in [0.2, 0.25) is 5.15 Å². The van der Waals surface area contributed by atoms with Gasteiger partial charge in [-0.05, 0) is 0 Å². The van der Waals surface area contributed by atoms with E-state index in [9.17, 15) is 8.78 Å². The Morgan fingerprint density at radius 3 is 2.58 bits per heavy atom. The van der Waals surface area contributed by atoms with Crippen LogP contribution in [0.5, 0.6) is 0 Å². The molecule has 0 saturated carbocycles. The van der Waals surface area contributed by atoms with Crippen LogP contribution in [0.3, 0.4) is 0 Å². The summed E-state index contributed by atoms with van der Waals surface area (Å²) in [5, 5.41) is -0.310. The highest BCUT2D eigenvalue weighted by molar-refractivity contribution is 6.30. The molecule has 0 fully saturated rings. The van der Waals surface area contributed by atoms with Crippen molar-refractivity contribution in [1.82, 2.24) is 9.97 Å². The quantitative estimate of drug-likeness (QED) is 0.693. The molecule has 12 heavy (non-hydrogen) atoms. The number of hydrogen-bond donors (Lipinski definition) is 1. The largest absolute Gasteiger partial charge is 0.368 e.